The Morgan fingerprint density at radius 3 is 2.57 bits per heavy atom. The third kappa shape index (κ3) is 4.54. The fourth-order valence-electron chi connectivity index (χ4n) is 3.78. The van der Waals surface area contributed by atoms with Gasteiger partial charge in [0.15, 0.2) is 5.17 Å². The van der Waals surface area contributed by atoms with Crippen molar-refractivity contribution in [3.8, 4) is 11.3 Å². The van der Waals surface area contributed by atoms with Crippen molar-refractivity contribution in [3.05, 3.63) is 108 Å². The van der Waals surface area contributed by atoms with E-state index in [4.69, 9.17) is 14.5 Å². The highest BCUT2D eigenvalue weighted by molar-refractivity contribution is 8.18. The van der Waals surface area contributed by atoms with E-state index in [0.29, 0.717) is 28.1 Å². The zero-order valence-corrected chi connectivity index (χ0v) is 19.4. The molecule has 1 saturated heterocycles. The minimum atomic E-state index is -0.983. The predicted molar refractivity (Wildman–Crippen MR) is 140 cm³/mol. The van der Waals surface area contributed by atoms with Crippen LogP contribution in [0, 0.1) is 0 Å². The van der Waals surface area contributed by atoms with E-state index in [1.54, 1.807) is 41.3 Å². The Hall–Kier alpha value is -4.36. The Balaban J connectivity index is 1.45. The molecular formula is C28H20N2O4S. The molecule has 1 amide bonds. The van der Waals surface area contributed by atoms with Gasteiger partial charge >= 0.3 is 5.97 Å². The molecule has 1 fully saturated rings. The third-order valence-electron chi connectivity index (χ3n) is 5.50. The van der Waals surface area contributed by atoms with Crippen molar-refractivity contribution in [1.29, 1.82) is 0 Å². The zero-order chi connectivity index (χ0) is 24.4. The number of amides is 1. The second-order valence-corrected chi connectivity index (χ2v) is 8.80. The van der Waals surface area contributed by atoms with Crippen LogP contribution < -0.4 is 0 Å². The molecule has 3 aromatic carbocycles. The summed E-state index contributed by atoms with van der Waals surface area (Å²) in [6.45, 7) is 4.12. The highest BCUT2D eigenvalue weighted by Crippen LogP contribution is 2.36. The summed E-state index contributed by atoms with van der Waals surface area (Å²) in [7, 11) is 0. The number of furan rings is 1. The number of aromatic carboxylic acids is 1. The monoisotopic (exact) mass is 480 g/mol. The SMILES string of the molecule is C=CCN1C(=O)/C(=C/c2ccc(-c3ccc(C(=O)O)cc3)o2)SC1=Nc1cccc2ccccc12. The van der Waals surface area contributed by atoms with Gasteiger partial charge in [0.2, 0.25) is 0 Å². The number of amidine groups is 1. The van der Waals surface area contributed by atoms with Crippen LogP contribution in [-0.2, 0) is 4.79 Å². The Labute approximate surface area is 205 Å². The molecule has 0 atom stereocenters. The molecule has 1 aliphatic rings. The number of carboxylic acid groups (broad SMARTS) is 1. The minimum absolute atomic E-state index is 0.169. The van der Waals surface area contributed by atoms with E-state index in [-0.39, 0.29) is 11.5 Å². The maximum absolute atomic E-state index is 13.2. The van der Waals surface area contributed by atoms with Gasteiger partial charge in [-0.15, -0.1) is 6.58 Å². The number of fused-ring (bicyclic) bond motifs is 1. The summed E-state index contributed by atoms with van der Waals surface area (Å²) in [5.41, 5.74) is 1.74. The van der Waals surface area contributed by atoms with E-state index in [1.807, 2.05) is 42.5 Å². The van der Waals surface area contributed by atoms with E-state index in [2.05, 4.69) is 6.58 Å². The van der Waals surface area contributed by atoms with Crippen LogP contribution in [0.2, 0.25) is 0 Å². The number of hydrogen-bond acceptors (Lipinski definition) is 5. The average Bonchev–Trinajstić information content (AvgIpc) is 3.45. The molecule has 0 radical (unpaired) electrons. The largest absolute Gasteiger partial charge is 0.478 e. The van der Waals surface area contributed by atoms with Crippen LogP contribution in [0.3, 0.4) is 0 Å². The Morgan fingerprint density at radius 2 is 1.80 bits per heavy atom. The first-order chi connectivity index (χ1) is 17.0. The van der Waals surface area contributed by atoms with Crippen LogP contribution in [0.1, 0.15) is 16.1 Å². The highest BCUT2D eigenvalue weighted by Gasteiger charge is 2.33. The number of aliphatic imine (C=N–C) groups is 1. The molecule has 2 heterocycles. The Bertz CT molecular complexity index is 1510. The quantitative estimate of drug-likeness (QED) is 0.249. The number of hydrogen-bond donors (Lipinski definition) is 1. The van der Waals surface area contributed by atoms with Crippen LogP contribution in [0.25, 0.3) is 28.2 Å². The molecule has 35 heavy (non-hydrogen) atoms. The fraction of sp³-hybridized carbons (Fsp3) is 0.0357. The first-order valence-electron chi connectivity index (χ1n) is 10.9. The van der Waals surface area contributed by atoms with Gasteiger partial charge in [0.25, 0.3) is 5.91 Å². The third-order valence-corrected chi connectivity index (χ3v) is 6.51. The summed E-state index contributed by atoms with van der Waals surface area (Å²) in [6.07, 6.45) is 3.37. The second-order valence-electron chi connectivity index (χ2n) is 7.79. The summed E-state index contributed by atoms with van der Waals surface area (Å²) in [4.78, 5) is 31.1. The summed E-state index contributed by atoms with van der Waals surface area (Å²) in [6, 6.07) is 23.9. The normalized spacial score (nSPS) is 15.9. The van der Waals surface area contributed by atoms with E-state index >= 15 is 0 Å². The van der Waals surface area contributed by atoms with Crippen LogP contribution >= 0.6 is 11.8 Å². The average molecular weight is 481 g/mol. The Morgan fingerprint density at radius 1 is 1.03 bits per heavy atom. The van der Waals surface area contributed by atoms with Gasteiger partial charge in [-0.1, -0.05) is 54.6 Å². The standard InChI is InChI=1S/C28H20N2O4S/c1-2-16-30-26(31)25(35-28(30)29-23-9-5-7-18-6-3-4-8-22(18)23)17-21-14-15-24(34-21)19-10-12-20(13-11-19)27(32)33/h2-15,17H,1,16H2,(H,32,33)/b25-17-,29-28?. The van der Waals surface area contributed by atoms with Crippen LogP contribution in [-0.4, -0.2) is 33.6 Å². The second kappa shape index (κ2) is 9.48. The number of rotatable bonds is 6. The predicted octanol–water partition coefficient (Wildman–Crippen LogP) is 6.59. The molecule has 1 aromatic heterocycles. The maximum Gasteiger partial charge on any atom is 0.335 e. The number of carbonyl (C=O) groups is 2. The lowest BCUT2D eigenvalue weighted by molar-refractivity contribution is -0.121. The van der Waals surface area contributed by atoms with Crippen molar-refractivity contribution in [2.24, 2.45) is 4.99 Å². The highest BCUT2D eigenvalue weighted by atomic mass is 32.2. The molecule has 4 aromatic rings. The van der Waals surface area contributed by atoms with E-state index in [1.165, 1.54) is 23.9 Å². The van der Waals surface area contributed by atoms with Gasteiger partial charge in [0, 0.05) is 23.6 Å². The van der Waals surface area contributed by atoms with Crippen molar-refractivity contribution in [1.82, 2.24) is 4.90 Å². The van der Waals surface area contributed by atoms with Gasteiger partial charge in [-0.05, 0) is 47.5 Å². The summed E-state index contributed by atoms with van der Waals surface area (Å²) >= 11 is 1.29. The lowest BCUT2D eigenvalue weighted by Gasteiger charge is -2.13. The van der Waals surface area contributed by atoms with Gasteiger partial charge in [0.1, 0.15) is 11.5 Å². The number of nitrogens with zero attached hydrogens (tertiary/aromatic N) is 2. The number of benzene rings is 3. The first kappa shape index (κ1) is 22.4. The van der Waals surface area contributed by atoms with Gasteiger partial charge in [-0.25, -0.2) is 9.79 Å². The molecule has 0 bridgehead atoms. The van der Waals surface area contributed by atoms with E-state index in [9.17, 15) is 9.59 Å². The number of carboxylic acids is 1. The molecule has 0 aliphatic carbocycles. The maximum atomic E-state index is 13.2. The molecule has 0 saturated carbocycles. The van der Waals surface area contributed by atoms with Crippen molar-refractivity contribution >= 4 is 51.3 Å². The number of thioether (sulfide) groups is 1. The summed E-state index contributed by atoms with van der Waals surface area (Å²) in [5.74, 6) is -0.0548. The van der Waals surface area contributed by atoms with Gasteiger partial charge < -0.3 is 9.52 Å². The summed E-state index contributed by atoms with van der Waals surface area (Å²) in [5, 5.41) is 11.7. The minimum Gasteiger partial charge on any atom is -0.478 e. The van der Waals surface area contributed by atoms with E-state index in [0.717, 1.165) is 22.0 Å². The van der Waals surface area contributed by atoms with Crippen molar-refractivity contribution in [2.45, 2.75) is 0 Å². The van der Waals surface area contributed by atoms with Crippen molar-refractivity contribution < 1.29 is 19.1 Å². The van der Waals surface area contributed by atoms with Crippen molar-refractivity contribution in [3.63, 3.8) is 0 Å². The van der Waals surface area contributed by atoms with Crippen LogP contribution in [0.15, 0.2) is 106 Å². The molecule has 0 spiro atoms. The number of carbonyl (C=O) groups excluding carboxylic acids is 1. The van der Waals surface area contributed by atoms with Gasteiger partial charge in [-0.2, -0.15) is 0 Å². The molecule has 6 nitrogen and oxygen atoms in total. The topological polar surface area (TPSA) is 83.1 Å². The smallest absolute Gasteiger partial charge is 0.335 e. The molecule has 1 aliphatic heterocycles. The molecule has 5 rings (SSSR count). The Kier molecular flexibility index (Phi) is 6.08. The lowest BCUT2D eigenvalue weighted by Crippen LogP contribution is -2.29. The summed E-state index contributed by atoms with van der Waals surface area (Å²) < 4.78 is 5.92. The molecular weight excluding hydrogens is 460 g/mol. The van der Waals surface area contributed by atoms with Gasteiger partial charge in [0.05, 0.1) is 16.2 Å². The van der Waals surface area contributed by atoms with Gasteiger partial charge in [-0.3, -0.25) is 9.69 Å². The first-order valence-corrected chi connectivity index (χ1v) is 11.7. The molecule has 0 unspecified atom stereocenters. The van der Waals surface area contributed by atoms with Crippen LogP contribution in [0.4, 0.5) is 5.69 Å². The molecule has 1 N–H and O–H groups in total. The molecule has 7 heteroatoms. The zero-order valence-electron chi connectivity index (χ0n) is 18.5. The van der Waals surface area contributed by atoms with Crippen LogP contribution in [0.5, 0.6) is 0 Å². The van der Waals surface area contributed by atoms with Crippen molar-refractivity contribution in [2.75, 3.05) is 6.54 Å². The lowest BCUT2D eigenvalue weighted by atomic mass is 10.1. The fourth-order valence-corrected chi connectivity index (χ4v) is 4.76. The molecule has 172 valence electrons. The van der Waals surface area contributed by atoms with E-state index < -0.39 is 5.97 Å².